The van der Waals surface area contributed by atoms with E-state index >= 15 is 0 Å². The zero-order valence-electron chi connectivity index (χ0n) is 4.84. The first-order valence-electron chi connectivity index (χ1n) is 2.31. The minimum absolute atomic E-state index is 0.231. The summed E-state index contributed by atoms with van der Waals surface area (Å²) in [6.45, 7) is 1.86. The normalized spacial score (nSPS) is 8.11. The highest BCUT2D eigenvalue weighted by molar-refractivity contribution is 7.77. The number of ether oxygens (including phenoxy) is 1. The molecule has 0 aromatic heterocycles. The third kappa shape index (κ3) is 5.02. The molecule has 2 amide bonds. The molecular formula is C4H6NO3S-. The van der Waals surface area contributed by atoms with Gasteiger partial charge in [0.05, 0.1) is 6.61 Å². The van der Waals surface area contributed by atoms with Gasteiger partial charge in [0.25, 0.3) is 0 Å². The van der Waals surface area contributed by atoms with Gasteiger partial charge in [-0.3, -0.25) is 5.32 Å². The van der Waals surface area contributed by atoms with Gasteiger partial charge in [-0.1, -0.05) is 0 Å². The second kappa shape index (κ2) is 4.08. The maximum atomic E-state index is 10.2. The zero-order valence-corrected chi connectivity index (χ0v) is 5.66. The molecule has 0 bridgehead atoms. The van der Waals surface area contributed by atoms with E-state index in [1.54, 1.807) is 12.2 Å². The molecule has 1 N–H and O–H groups in total. The van der Waals surface area contributed by atoms with E-state index < -0.39 is 11.3 Å². The summed E-state index contributed by atoms with van der Waals surface area (Å²) in [5.74, 6) is 0. The van der Waals surface area contributed by atoms with Crippen molar-refractivity contribution in [3.63, 3.8) is 0 Å². The summed E-state index contributed by atoms with van der Waals surface area (Å²) in [4.78, 5) is 20.2. The Labute approximate surface area is 58.0 Å². The molecule has 0 aromatic carbocycles. The molecule has 0 saturated heterocycles. The van der Waals surface area contributed by atoms with E-state index in [1.807, 2.05) is 0 Å². The Bertz CT molecular complexity index is 125. The number of alkyl carbamates (subject to hydrolysis) is 1. The molecule has 9 heavy (non-hydrogen) atoms. The van der Waals surface area contributed by atoms with Crippen LogP contribution in [0.25, 0.3) is 0 Å². The van der Waals surface area contributed by atoms with Crippen LogP contribution in [0.2, 0.25) is 0 Å². The highest BCUT2D eigenvalue weighted by Gasteiger charge is 1.95. The molecule has 0 rings (SSSR count). The molecule has 5 heteroatoms. The Balaban J connectivity index is 3.39. The summed E-state index contributed by atoms with van der Waals surface area (Å²) in [6.07, 6.45) is -0.794. The Morgan fingerprint density at radius 3 is 2.56 bits per heavy atom. The molecule has 0 aliphatic rings. The molecule has 0 aliphatic carbocycles. The van der Waals surface area contributed by atoms with Gasteiger partial charge in [-0.15, -0.1) is 0 Å². The monoisotopic (exact) mass is 148 g/mol. The molecule has 52 valence electrons. The van der Waals surface area contributed by atoms with Crippen LogP contribution < -0.4 is 5.32 Å². The topological polar surface area (TPSA) is 55.4 Å². The first kappa shape index (κ1) is 8.16. The van der Waals surface area contributed by atoms with Gasteiger partial charge in [-0.05, 0) is 6.92 Å². The molecule has 0 saturated carbocycles. The van der Waals surface area contributed by atoms with Gasteiger partial charge in [0.1, 0.15) is 5.24 Å². The van der Waals surface area contributed by atoms with E-state index in [4.69, 9.17) is 0 Å². The molecular weight excluding hydrogens is 142 g/mol. The van der Waals surface area contributed by atoms with Gasteiger partial charge in [0, 0.05) is 0 Å². The molecule has 0 aliphatic heterocycles. The van der Waals surface area contributed by atoms with Gasteiger partial charge in [0.2, 0.25) is 0 Å². The molecule has 0 radical (unpaired) electrons. The SMILES string of the molecule is CCOC(=O)NC(=O)[S-]. The van der Waals surface area contributed by atoms with Crippen LogP contribution in [-0.4, -0.2) is 17.9 Å². The fourth-order valence-corrected chi connectivity index (χ4v) is 0.334. The van der Waals surface area contributed by atoms with E-state index in [2.05, 4.69) is 17.4 Å². The number of rotatable bonds is 1. The van der Waals surface area contributed by atoms with Gasteiger partial charge in [0.15, 0.2) is 0 Å². The van der Waals surface area contributed by atoms with Crippen LogP contribution in [0, 0.1) is 0 Å². The fraction of sp³-hybridized carbons (Fsp3) is 0.500. The largest absolute Gasteiger partial charge is 0.719 e. The van der Waals surface area contributed by atoms with Crippen molar-refractivity contribution in [1.29, 1.82) is 0 Å². The van der Waals surface area contributed by atoms with Gasteiger partial charge >= 0.3 is 6.09 Å². The first-order chi connectivity index (χ1) is 4.16. The van der Waals surface area contributed by atoms with Crippen LogP contribution in [0.3, 0.4) is 0 Å². The van der Waals surface area contributed by atoms with Crippen molar-refractivity contribution in [3.05, 3.63) is 0 Å². The maximum Gasteiger partial charge on any atom is 0.412 e. The van der Waals surface area contributed by atoms with Gasteiger partial charge in [-0.25, -0.2) is 4.79 Å². The van der Waals surface area contributed by atoms with Crippen LogP contribution in [0.15, 0.2) is 0 Å². The van der Waals surface area contributed by atoms with Crippen LogP contribution in [0.4, 0.5) is 9.59 Å². The average Bonchev–Trinajstić information content (AvgIpc) is 1.63. The Hall–Kier alpha value is -0.840. The summed E-state index contributed by atoms with van der Waals surface area (Å²) in [7, 11) is 0. The van der Waals surface area contributed by atoms with Crippen LogP contribution >= 0.6 is 0 Å². The smallest absolute Gasteiger partial charge is 0.412 e. The summed E-state index contributed by atoms with van der Waals surface area (Å²) in [5.41, 5.74) is 0. The minimum atomic E-state index is -0.826. The highest BCUT2D eigenvalue weighted by atomic mass is 32.1. The first-order valence-corrected chi connectivity index (χ1v) is 2.72. The Morgan fingerprint density at radius 1 is 1.67 bits per heavy atom. The van der Waals surface area contributed by atoms with Crippen molar-refractivity contribution in [1.82, 2.24) is 5.32 Å². The van der Waals surface area contributed by atoms with E-state index in [1.165, 1.54) is 0 Å². The van der Waals surface area contributed by atoms with E-state index in [0.29, 0.717) is 0 Å². The highest BCUT2D eigenvalue weighted by Crippen LogP contribution is 1.75. The van der Waals surface area contributed by atoms with Crippen molar-refractivity contribution < 1.29 is 14.3 Å². The number of imide groups is 1. The quantitative estimate of drug-likeness (QED) is 0.547. The van der Waals surface area contributed by atoms with E-state index in [9.17, 15) is 9.59 Å². The average molecular weight is 148 g/mol. The summed E-state index contributed by atoms with van der Waals surface area (Å²) in [6, 6.07) is 0. The molecule has 0 heterocycles. The van der Waals surface area contributed by atoms with E-state index in [0.717, 1.165) is 0 Å². The second-order valence-corrected chi connectivity index (χ2v) is 1.50. The van der Waals surface area contributed by atoms with Crippen LogP contribution in [-0.2, 0) is 17.4 Å². The summed E-state index contributed by atoms with van der Waals surface area (Å²) < 4.78 is 4.32. The predicted octanol–water partition coefficient (Wildman–Crippen LogP) is 0.399. The van der Waals surface area contributed by atoms with E-state index in [-0.39, 0.29) is 6.61 Å². The number of carbonyl (C=O) groups is 2. The van der Waals surface area contributed by atoms with Crippen molar-refractivity contribution in [2.24, 2.45) is 0 Å². The lowest BCUT2D eigenvalue weighted by molar-refractivity contribution is 0.155. The Morgan fingerprint density at radius 2 is 2.22 bits per heavy atom. The number of nitrogens with one attached hydrogen (secondary N) is 1. The number of amides is 2. The zero-order chi connectivity index (χ0) is 7.28. The third-order valence-electron chi connectivity index (χ3n) is 0.480. The lowest BCUT2D eigenvalue weighted by atomic mass is 10.9. The second-order valence-electron chi connectivity index (χ2n) is 1.13. The maximum absolute atomic E-state index is 10.2. The van der Waals surface area contributed by atoms with Crippen molar-refractivity contribution in [3.8, 4) is 0 Å². The van der Waals surface area contributed by atoms with Crippen LogP contribution in [0.5, 0.6) is 0 Å². The summed E-state index contributed by atoms with van der Waals surface area (Å²) >= 11 is 4.02. The molecule has 0 spiro atoms. The predicted molar refractivity (Wildman–Crippen MR) is 32.9 cm³/mol. The van der Waals surface area contributed by atoms with Gasteiger partial charge in [-0.2, -0.15) is 0 Å². The van der Waals surface area contributed by atoms with Gasteiger partial charge < -0.3 is 22.2 Å². The van der Waals surface area contributed by atoms with Crippen molar-refractivity contribution in [2.45, 2.75) is 6.92 Å². The number of hydrogen-bond donors (Lipinski definition) is 1. The molecule has 0 aromatic rings. The standard InChI is InChI=1S/C4H7NO3S/c1-2-8-3(6)5-4(7)9/h2H2,1H3,(H2,5,6,7,9)/p-1. The van der Waals surface area contributed by atoms with Crippen molar-refractivity contribution in [2.75, 3.05) is 6.61 Å². The summed E-state index contributed by atoms with van der Waals surface area (Å²) in [5, 5.41) is 0.933. The van der Waals surface area contributed by atoms with Crippen LogP contribution in [0.1, 0.15) is 6.92 Å². The molecule has 0 atom stereocenters. The molecule has 0 unspecified atom stereocenters. The Kier molecular flexibility index (Phi) is 3.70. The lowest BCUT2D eigenvalue weighted by Gasteiger charge is -2.04. The lowest BCUT2D eigenvalue weighted by Crippen LogP contribution is -2.27. The minimum Gasteiger partial charge on any atom is -0.719 e. The molecule has 0 fully saturated rings. The number of hydrogen-bond acceptors (Lipinski definition) is 4. The number of carbonyl (C=O) groups excluding carboxylic acids is 2. The fourth-order valence-electron chi connectivity index (χ4n) is 0.251. The van der Waals surface area contributed by atoms with Crippen molar-refractivity contribution >= 4 is 24.0 Å². The third-order valence-corrected chi connectivity index (χ3v) is 0.582. The molecule has 4 nitrogen and oxygen atoms in total.